The number of nitrogens with one attached hydrogen (secondary N) is 11. The SMILES string of the molecule is CC[C@H](C)[C@H](NC(=O)[C@H](Cc1ccc(O)cc1)NC(=O)[C@H](C)NC(=O)[C@H](CCC(=O)O)NC(=O)[C@H](CCC(=O)O)NC(=O)[C@H](Cc1ccccc1)NC(=O)[C@H](CCC(=O)O)NC(=O)[C@H](CCC(=O)O)NC(=O)[C@H](Cc1ccc(O)cc1)NC(=O)[C@@H](NC(=O)[C@@H](N)CC(=O)O)[C@@H](C)O)C(=O)N1CCC[C@H]1C(=O)N[C@@H](CCCCN)C(=O)O. The van der Waals surface area contributed by atoms with Crippen molar-refractivity contribution in [1.29, 1.82) is 0 Å². The van der Waals surface area contributed by atoms with Crippen molar-refractivity contribution in [2.75, 3.05) is 13.1 Å². The van der Waals surface area contributed by atoms with E-state index in [0.29, 0.717) is 36.8 Å². The maximum absolute atomic E-state index is 14.7. The van der Waals surface area contributed by atoms with E-state index >= 15 is 0 Å². The zero-order valence-corrected chi connectivity index (χ0v) is 64.3. The Morgan fingerprint density at radius 3 is 1.18 bits per heavy atom. The third kappa shape index (κ3) is 33.0. The van der Waals surface area contributed by atoms with Crippen LogP contribution < -0.4 is 70.0 Å². The largest absolute Gasteiger partial charge is 0.508 e. The Bertz CT molecular complexity index is 3950. The molecule has 12 amide bonds. The van der Waals surface area contributed by atoms with Crippen LogP contribution in [-0.4, -0.2) is 255 Å². The smallest absolute Gasteiger partial charge is 0.326 e. The third-order valence-electron chi connectivity index (χ3n) is 18.8. The summed E-state index contributed by atoms with van der Waals surface area (Å²) in [5.74, 6) is -23.7. The third-order valence-corrected chi connectivity index (χ3v) is 18.8. The molecular formula is C75H104N14O27. The van der Waals surface area contributed by atoms with Crippen LogP contribution in [-0.2, 0) is 106 Å². The van der Waals surface area contributed by atoms with Gasteiger partial charge in [0.25, 0.3) is 0 Å². The zero-order chi connectivity index (χ0) is 86.6. The lowest BCUT2D eigenvalue weighted by Gasteiger charge is -2.33. The molecule has 0 saturated carbocycles. The Morgan fingerprint density at radius 2 is 0.793 bits per heavy atom. The Labute approximate surface area is 665 Å². The maximum Gasteiger partial charge on any atom is 0.326 e. The molecule has 15 atom stereocenters. The van der Waals surface area contributed by atoms with Crippen molar-refractivity contribution >= 4 is 107 Å². The second-order valence-corrected chi connectivity index (χ2v) is 28.0. The van der Waals surface area contributed by atoms with E-state index in [9.17, 15) is 127 Å². The van der Waals surface area contributed by atoms with Crippen LogP contribution >= 0.6 is 0 Å². The number of carboxylic acids is 6. The number of hydrogen-bond acceptors (Lipinski definition) is 23. The highest BCUT2D eigenvalue weighted by Crippen LogP contribution is 2.24. The monoisotopic (exact) mass is 1630 g/mol. The van der Waals surface area contributed by atoms with Crippen LogP contribution in [0.3, 0.4) is 0 Å². The topological polar surface area (TPSA) is 677 Å². The summed E-state index contributed by atoms with van der Waals surface area (Å²) in [7, 11) is 0. The molecule has 1 aliphatic rings. The van der Waals surface area contributed by atoms with E-state index in [1.54, 1.807) is 19.9 Å². The molecular weight excluding hydrogens is 1530 g/mol. The number of hydrogen-bond donors (Lipinski definition) is 22. The van der Waals surface area contributed by atoms with E-state index in [0.717, 1.165) is 13.8 Å². The number of aromatic hydroxyl groups is 2. The number of aliphatic hydroxyl groups is 1. The lowest BCUT2D eigenvalue weighted by molar-refractivity contribution is -0.145. The number of nitrogens with zero attached hydrogens (tertiary/aromatic N) is 1. The molecule has 1 saturated heterocycles. The summed E-state index contributed by atoms with van der Waals surface area (Å²) in [4.78, 5) is 244. The van der Waals surface area contributed by atoms with Crippen LogP contribution in [0.4, 0.5) is 0 Å². The molecule has 0 bridgehead atoms. The van der Waals surface area contributed by atoms with Crippen molar-refractivity contribution in [2.45, 2.75) is 228 Å². The minimum absolute atomic E-state index is 0.0560. The van der Waals surface area contributed by atoms with Crippen molar-refractivity contribution in [2.24, 2.45) is 17.4 Å². The first-order chi connectivity index (χ1) is 54.7. The van der Waals surface area contributed by atoms with Crippen LogP contribution in [0.5, 0.6) is 11.5 Å². The summed E-state index contributed by atoms with van der Waals surface area (Å²) in [6.45, 7) is 5.90. The number of nitrogens with two attached hydrogens (primary N) is 2. The number of carbonyl (C=O) groups is 18. The van der Waals surface area contributed by atoms with Crippen molar-refractivity contribution in [3.05, 3.63) is 95.6 Å². The van der Waals surface area contributed by atoms with E-state index in [1.807, 2.05) is 0 Å². The standard InChI is InChI=1S/C75H104N14O27/c1-5-38(2)61(74(114)89-33-11-15-55(89)72(112)83-51(75(115)116)14-9-10-32-76)87-71(111)54(36-43-18-22-45(92)23-19-43)84-63(103)39(3)78-65(105)47(24-28-56(93)94)79-66(106)48(25-29-57(95)96)81-69(109)52(34-41-12-7-6-8-13-41)85-68(108)50(27-31-59(99)100)80-67(107)49(26-30-58(97)98)82-70(110)53(35-42-16-20-44(91)21-17-42)86-73(113)62(40(4)90)88-64(104)46(77)37-60(101)102/h6-8,12-13,16-23,38-40,46-55,61-62,90-92H,5,9-11,14-15,24-37,76-77H2,1-4H3,(H,78,105)(H,79,106)(H,80,107)(H,81,109)(H,82,110)(H,83,112)(H,84,103)(H,85,108)(H,86,113)(H,87,111)(H,88,104)(H,93,94)(H,95,96)(H,97,98)(H,99,100)(H,101,102)(H,115,116)/t38-,39-,40+,46-,47-,48-,49-,50-,51-,52-,53-,54-,55-,61-,62-/m0/s1. The first-order valence-corrected chi connectivity index (χ1v) is 37.4. The molecule has 41 heteroatoms. The predicted octanol–water partition coefficient (Wildman–Crippen LogP) is -3.63. The first-order valence-electron chi connectivity index (χ1n) is 37.4. The van der Waals surface area contributed by atoms with Gasteiger partial charge in [0.15, 0.2) is 0 Å². The van der Waals surface area contributed by atoms with E-state index in [-0.39, 0.29) is 49.4 Å². The molecule has 1 fully saturated rings. The van der Waals surface area contributed by atoms with E-state index in [2.05, 4.69) is 58.5 Å². The fourth-order valence-electron chi connectivity index (χ4n) is 12.0. The van der Waals surface area contributed by atoms with Gasteiger partial charge in [0.05, 0.1) is 18.6 Å². The number of benzene rings is 3. The van der Waals surface area contributed by atoms with Crippen molar-refractivity contribution < 1.29 is 132 Å². The molecule has 636 valence electrons. The summed E-state index contributed by atoms with van der Waals surface area (Å²) in [5, 5.41) is 115. The minimum atomic E-state index is -2.01. The molecule has 24 N–H and O–H groups in total. The summed E-state index contributed by atoms with van der Waals surface area (Å²) >= 11 is 0. The average molecular weight is 1630 g/mol. The highest BCUT2D eigenvalue weighted by molar-refractivity contribution is 6.01. The van der Waals surface area contributed by atoms with Crippen LogP contribution in [0.1, 0.15) is 141 Å². The highest BCUT2D eigenvalue weighted by Gasteiger charge is 2.43. The van der Waals surface area contributed by atoms with Gasteiger partial charge in [0.2, 0.25) is 70.9 Å². The van der Waals surface area contributed by atoms with Gasteiger partial charge in [-0.05, 0) is 125 Å². The number of aliphatic carboxylic acids is 6. The number of phenolic OH excluding ortho intramolecular Hbond substituents is 2. The van der Waals surface area contributed by atoms with Crippen LogP contribution in [0, 0.1) is 5.92 Å². The number of likely N-dealkylation sites (tertiary alicyclic amines) is 1. The van der Waals surface area contributed by atoms with Crippen molar-refractivity contribution in [3.63, 3.8) is 0 Å². The van der Waals surface area contributed by atoms with Crippen LogP contribution in [0.15, 0.2) is 78.9 Å². The van der Waals surface area contributed by atoms with Gasteiger partial charge in [-0.25, -0.2) is 4.79 Å². The predicted molar refractivity (Wildman–Crippen MR) is 405 cm³/mol. The summed E-state index contributed by atoms with van der Waals surface area (Å²) in [6.07, 6.45) is -8.82. The van der Waals surface area contributed by atoms with Gasteiger partial charge in [0.1, 0.15) is 84.0 Å². The number of phenols is 2. The van der Waals surface area contributed by atoms with Crippen LogP contribution in [0.2, 0.25) is 0 Å². The molecule has 0 radical (unpaired) electrons. The number of aliphatic hydroxyl groups excluding tert-OH is 1. The van der Waals surface area contributed by atoms with Gasteiger partial charge in [-0.15, -0.1) is 0 Å². The fourth-order valence-corrected chi connectivity index (χ4v) is 12.0. The summed E-state index contributed by atoms with van der Waals surface area (Å²) < 4.78 is 0. The maximum atomic E-state index is 14.7. The molecule has 3 aromatic rings. The van der Waals surface area contributed by atoms with Gasteiger partial charge in [-0.2, -0.15) is 0 Å². The molecule has 0 unspecified atom stereocenters. The Kier molecular flexibility index (Phi) is 39.7. The van der Waals surface area contributed by atoms with E-state index < -0.39 is 268 Å². The molecule has 0 aromatic heterocycles. The Morgan fingerprint density at radius 1 is 0.422 bits per heavy atom. The van der Waals surface area contributed by atoms with Crippen molar-refractivity contribution in [3.8, 4) is 11.5 Å². The second-order valence-electron chi connectivity index (χ2n) is 28.0. The number of carboxylic acid groups (broad SMARTS) is 6. The summed E-state index contributed by atoms with van der Waals surface area (Å²) in [5.41, 5.74) is 12.1. The number of rotatable bonds is 51. The van der Waals surface area contributed by atoms with E-state index in [1.165, 1.54) is 77.7 Å². The van der Waals surface area contributed by atoms with E-state index in [4.69, 9.17) is 16.6 Å². The fraction of sp³-hybridized carbons (Fsp3) is 0.520. The van der Waals surface area contributed by atoms with Crippen LogP contribution in [0.25, 0.3) is 0 Å². The minimum Gasteiger partial charge on any atom is -0.508 e. The van der Waals surface area contributed by atoms with Crippen molar-refractivity contribution in [1.82, 2.24) is 63.4 Å². The van der Waals surface area contributed by atoms with Gasteiger partial charge in [-0.3, -0.25) is 81.5 Å². The normalized spacial score (nSPS) is 16.0. The molecule has 0 spiro atoms. The molecule has 4 rings (SSSR count). The van der Waals surface area contributed by atoms with Gasteiger partial charge < -0.3 is 121 Å². The van der Waals surface area contributed by atoms with Gasteiger partial charge in [0, 0.05) is 51.5 Å². The highest BCUT2D eigenvalue weighted by atomic mass is 16.4. The molecule has 0 aliphatic carbocycles. The number of carbonyl (C=O) groups excluding carboxylic acids is 12. The molecule has 3 aromatic carbocycles. The average Bonchev–Trinajstić information content (AvgIpc) is 1.70. The Hall–Kier alpha value is -12.4. The summed E-state index contributed by atoms with van der Waals surface area (Å²) in [6, 6.07) is -4.26. The zero-order valence-electron chi connectivity index (χ0n) is 64.3. The quantitative estimate of drug-likeness (QED) is 0.0243. The second kappa shape index (κ2) is 48.0. The van der Waals surface area contributed by atoms with Gasteiger partial charge >= 0.3 is 35.8 Å². The number of amides is 12. The molecule has 1 aliphatic heterocycles. The van der Waals surface area contributed by atoms with Gasteiger partial charge in [-0.1, -0.05) is 74.9 Å². The Balaban J connectivity index is 1.65. The lowest BCUT2D eigenvalue weighted by Crippen LogP contribution is -2.61. The number of unbranched alkanes of at least 4 members (excludes halogenated alkanes) is 1. The lowest BCUT2D eigenvalue weighted by atomic mass is 9.96. The molecule has 41 nitrogen and oxygen atoms in total. The molecule has 116 heavy (non-hydrogen) atoms. The molecule has 1 heterocycles. The first kappa shape index (κ1) is 96.0.